The predicted octanol–water partition coefficient (Wildman–Crippen LogP) is 3.91. The Bertz CT molecular complexity index is 459. The number of amides is 1. The highest BCUT2D eigenvalue weighted by Crippen LogP contribution is 2.32. The minimum atomic E-state index is 0.123. The van der Waals surface area contributed by atoms with Crippen LogP contribution in [0.5, 0.6) is 0 Å². The summed E-state index contributed by atoms with van der Waals surface area (Å²) in [5.41, 5.74) is 0.891. The lowest BCUT2D eigenvalue weighted by molar-refractivity contribution is -0.116. The molecule has 1 aromatic rings. The topological polar surface area (TPSA) is 41.1 Å². The van der Waals surface area contributed by atoms with Crippen LogP contribution in [0.15, 0.2) is 29.2 Å². The van der Waals surface area contributed by atoms with Crippen LogP contribution in [-0.2, 0) is 4.79 Å². The molecule has 3 nitrogen and oxygen atoms in total. The quantitative estimate of drug-likeness (QED) is 0.811. The molecule has 0 spiro atoms. The molecule has 1 heterocycles. The normalized spacial score (nSPS) is 18.7. The van der Waals surface area contributed by atoms with E-state index in [1.54, 1.807) is 0 Å². The molecule has 1 aliphatic heterocycles. The van der Waals surface area contributed by atoms with E-state index >= 15 is 0 Å². The van der Waals surface area contributed by atoms with Crippen molar-refractivity contribution in [1.29, 1.82) is 0 Å². The average molecular weight is 306 g/mol. The zero-order valence-corrected chi connectivity index (χ0v) is 14.1. The van der Waals surface area contributed by atoms with Crippen molar-refractivity contribution in [2.24, 2.45) is 5.92 Å². The van der Waals surface area contributed by atoms with Gasteiger partial charge < -0.3 is 10.6 Å². The fourth-order valence-electron chi connectivity index (χ4n) is 2.48. The van der Waals surface area contributed by atoms with Crippen molar-refractivity contribution < 1.29 is 4.79 Å². The Hall–Kier alpha value is -1.00. The summed E-state index contributed by atoms with van der Waals surface area (Å²) in [6, 6.07) is 8.13. The highest BCUT2D eigenvalue weighted by molar-refractivity contribution is 8.00. The van der Waals surface area contributed by atoms with Crippen molar-refractivity contribution in [3.63, 3.8) is 0 Å². The Balaban J connectivity index is 1.78. The first-order chi connectivity index (χ1) is 9.92. The zero-order chi connectivity index (χ0) is 15.3. The molecule has 0 radical (unpaired) electrons. The number of nitrogens with one attached hydrogen (secondary N) is 2. The molecule has 0 saturated carbocycles. The smallest absolute Gasteiger partial charge is 0.224 e. The van der Waals surface area contributed by atoms with E-state index in [4.69, 9.17) is 0 Å². The molecule has 2 rings (SSSR count). The number of anilines is 1. The number of rotatable bonds is 5. The van der Waals surface area contributed by atoms with Crippen molar-refractivity contribution in [2.75, 3.05) is 18.4 Å². The summed E-state index contributed by atoms with van der Waals surface area (Å²) >= 11 is 1.84. The summed E-state index contributed by atoms with van der Waals surface area (Å²) in [6.07, 6.45) is 2.80. The fraction of sp³-hybridized carbons (Fsp3) is 0.588. The molecule has 1 aliphatic rings. The molecule has 0 aromatic heterocycles. The molecular formula is C17H26N2OS. The molecule has 1 fully saturated rings. The largest absolute Gasteiger partial charge is 0.326 e. The molecule has 116 valence electrons. The van der Waals surface area contributed by atoms with E-state index in [2.05, 4.69) is 43.5 Å². The van der Waals surface area contributed by atoms with Crippen LogP contribution in [-0.4, -0.2) is 23.7 Å². The van der Waals surface area contributed by atoms with Gasteiger partial charge in [0.05, 0.1) is 0 Å². The lowest BCUT2D eigenvalue weighted by Gasteiger charge is -2.17. The van der Waals surface area contributed by atoms with Gasteiger partial charge in [-0.25, -0.2) is 0 Å². The first-order valence-electron chi connectivity index (χ1n) is 7.72. The SMILES string of the molecule is CC(C)(C)Sc1ccc(NC(=O)CCC2CCNC2)cc1. The maximum atomic E-state index is 11.9. The maximum absolute atomic E-state index is 11.9. The minimum Gasteiger partial charge on any atom is -0.326 e. The molecule has 21 heavy (non-hydrogen) atoms. The predicted molar refractivity (Wildman–Crippen MR) is 90.9 cm³/mol. The summed E-state index contributed by atoms with van der Waals surface area (Å²) in [5.74, 6) is 0.791. The molecule has 4 heteroatoms. The van der Waals surface area contributed by atoms with Crippen molar-refractivity contribution >= 4 is 23.4 Å². The van der Waals surface area contributed by atoms with Gasteiger partial charge in [0, 0.05) is 21.8 Å². The minimum absolute atomic E-state index is 0.123. The molecule has 1 amide bonds. The van der Waals surface area contributed by atoms with Crippen molar-refractivity contribution in [2.45, 2.75) is 49.7 Å². The highest BCUT2D eigenvalue weighted by Gasteiger charge is 2.16. The van der Waals surface area contributed by atoms with Crippen LogP contribution in [0.4, 0.5) is 5.69 Å². The fourth-order valence-corrected chi connectivity index (χ4v) is 3.46. The third-order valence-electron chi connectivity index (χ3n) is 3.50. The third-order valence-corrected chi connectivity index (χ3v) is 4.62. The zero-order valence-electron chi connectivity index (χ0n) is 13.2. The summed E-state index contributed by atoms with van der Waals surface area (Å²) in [6.45, 7) is 8.76. The lowest BCUT2D eigenvalue weighted by atomic mass is 10.0. The number of thioether (sulfide) groups is 1. The van der Waals surface area contributed by atoms with Gasteiger partial charge in [0.25, 0.3) is 0 Å². The molecular weight excluding hydrogens is 280 g/mol. The van der Waals surface area contributed by atoms with Crippen molar-refractivity contribution in [3.8, 4) is 0 Å². The van der Waals surface area contributed by atoms with Gasteiger partial charge in [0.2, 0.25) is 5.91 Å². The van der Waals surface area contributed by atoms with Crippen molar-refractivity contribution in [3.05, 3.63) is 24.3 Å². The van der Waals surface area contributed by atoms with Crippen LogP contribution in [0.2, 0.25) is 0 Å². The molecule has 1 saturated heterocycles. The summed E-state index contributed by atoms with van der Waals surface area (Å²) in [7, 11) is 0. The van der Waals surface area contributed by atoms with Crippen LogP contribution >= 0.6 is 11.8 Å². The number of benzene rings is 1. The monoisotopic (exact) mass is 306 g/mol. The van der Waals surface area contributed by atoms with E-state index in [0.29, 0.717) is 12.3 Å². The Labute approximate surface area is 132 Å². The van der Waals surface area contributed by atoms with E-state index < -0.39 is 0 Å². The van der Waals surface area contributed by atoms with Gasteiger partial charge in [-0.05, 0) is 56.1 Å². The van der Waals surface area contributed by atoms with Crippen LogP contribution in [0, 0.1) is 5.92 Å². The summed E-state index contributed by atoms with van der Waals surface area (Å²) in [5, 5.41) is 6.32. The van der Waals surface area contributed by atoms with Gasteiger partial charge in [-0.3, -0.25) is 4.79 Å². The van der Waals surface area contributed by atoms with Crippen molar-refractivity contribution in [1.82, 2.24) is 5.32 Å². The van der Waals surface area contributed by atoms with Crippen LogP contribution < -0.4 is 10.6 Å². The Morgan fingerprint density at radius 2 is 2.05 bits per heavy atom. The van der Waals surface area contributed by atoms with Gasteiger partial charge in [-0.15, -0.1) is 11.8 Å². The summed E-state index contributed by atoms with van der Waals surface area (Å²) in [4.78, 5) is 13.2. The van der Waals surface area contributed by atoms with E-state index in [1.165, 1.54) is 11.3 Å². The Morgan fingerprint density at radius 3 is 2.62 bits per heavy atom. The van der Waals surface area contributed by atoms with Gasteiger partial charge >= 0.3 is 0 Å². The summed E-state index contributed by atoms with van der Waals surface area (Å²) < 4.78 is 0.208. The second-order valence-electron chi connectivity index (χ2n) is 6.68. The van der Waals surface area contributed by atoms with E-state index in [-0.39, 0.29) is 10.7 Å². The van der Waals surface area contributed by atoms with Gasteiger partial charge in [-0.2, -0.15) is 0 Å². The number of carbonyl (C=O) groups is 1. The van der Waals surface area contributed by atoms with E-state index in [1.807, 2.05) is 23.9 Å². The van der Waals surface area contributed by atoms with Crippen LogP contribution in [0.3, 0.4) is 0 Å². The molecule has 0 bridgehead atoms. The molecule has 1 aromatic carbocycles. The first kappa shape index (κ1) is 16.4. The van der Waals surface area contributed by atoms with E-state index in [0.717, 1.165) is 25.2 Å². The molecule has 1 unspecified atom stereocenters. The number of carbonyl (C=O) groups excluding carboxylic acids is 1. The third kappa shape index (κ3) is 6.10. The Kier molecular flexibility index (Phi) is 5.71. The van der Waals surface area contributed by atoms with E-state index in [9.17, 15) is 4.79 Å². The standard InChI is InChI=1S/C17H26N2OS/c1-17(2,3)21-15-7-5-14(6-8-15)19-16(20)9-4-13-10-11-18-12-13/h5-8,13,18H,4,9-12H2,1-3H3,(H,19,20). The number of hydrogen-bond acceptors (Lipinski definition) is 3. The Morgan fingerprint density at radius 1 is 1.33 bits per heavy atom. The average Bonchev–Trinajstić information content (AvgIpc) is 2.90. The number of hydrogen-bond donors (Lipinski definition) is 2. The van der Waals surface area contributed by atoms with Gasteiger partial charge in [0.15, 0.2) is 0 Å². The highest BCUT2D eigenvalue weighted by atomic mass is 32.2. The molecule has 1 atom stereocenters. The van der Waals surface area contributed by atoms with Crippen LogP contribution in [0.1, 0.15) is 40.0 Å². The van der Waals surface area contributed by atoms with Gasteiger partial charge in [-0.1, -0.05) is 20.8 Å². The molecule has 2 N–H and O–H groups in total. The maximum Gasteiger partial charge on any atom is 0.224 e. The first-order valence-corrected chi connectivity index (χ1v) is 8.54. The molecule has 0 aliphatic carbocycles. The lowest BCUT2D eigenvalue weighted by Crippen LogP contribution is -2.15. The van der Waals surface area contributed by atoms with Gasteiger partial charge in [0.1, 0.15) is 0 Å². The second kappa shape index (κ2) is 7.32. The second-order valence-corrected chi connectivity index (χ2v) is 8.58. The van der Waals surface area contributed by atoms with Crippen LogP contribution in [0.25, 0.3) is 0 Å².